The van der Waals surface area contributed by atoms with Crippen LogP contribution in [0.25, 0.3) is 0 Å². The van der Waals surface area contributed by atoms with E-state index in [1.807, 2.05) is 12.4 Å². The van der Waals surface area contributed by atoms with E-state index in [2.05, 4.69) is 35.6 Å². The fourth-order valence-electron chi connectivity index (χ4n) is 4.23. The van der Waals surface area contributed by atoms with Crippen LogP contribution in [0.5, 0.6) is 0 Å². The third-order valence-corrected chi connectivity index (χ3v) is 6.40. The van der Waals surface area contributed by atoms with E-state index in [0.717, 1.165) is 38.1 Å². The minimum Gasteiger partial charge on any atom is -0.422 e. The van der Waals surface area contributed by atoms with Crippen LogP contribution in [0.1, 0.15) is 67.4 Å². The first-order valence-electron chi connectivity index (χ1n) is 12.2. The highest BCUT2D eigenvalue weighted by Gasteiger charge is 2.35. The summed E-state index contributed by atoms with van der Waals surface area (Å²) in [7, 11) is 0. The molecule has 1 aliphatic carbocycles. The van der Waals surface area contributed by atoms with Crippen LogP contribution in [0.2, 0.25) is 0 Å². The Balaban J connectivity index is 1.07. The van der Waals surface area contributed by atoms with Crippen LogP contribution in [0.3, 0.4) is 0 Å². The molecule has 37 heavy (non-hydrogen) atoms. The number of anilines is 1. The van der Waals surface area contributed by atoms with Crippen LogP contribution >= 0.6 is 0 Å². The van der Waals surface area contributed by atoms with Crippen molar-refractivity contribution in [3.8, 4) is 0 Å². The molecule has 0 spiro atoms. The molecule has 3 aromatic rings. The second-order valence-corrected chi connectivity index (χ2v) is 9.39. The van der Waals surface area contributed by atoms with Crippen LogP contribution in [-0.4, -0.2) is 55.8 Å². The quantitative estimate of drug-likeness (QED) is 0.450. The lowest BCUT2D eigenvalue weighted by molar-refractivity contribution is -0.139. The summed E-state index contributed by atoms with van der Waals surface area (Å²) in [6.45, 7) is 3.32. The molecule has 2 fully saturated rings. The number of hydrogen-bond acceptors (Lipinski definition) is 10. The predicted octanol–water partition coefficient (Wildman–Crippen LogP) is 2.85. The van der Waals surface area contributed by atoms with Gasteiger partial charge in [-0.15, -0.1) is 15.0 Å². The molecular weight excluding hydrogens is 493 g/mol. The van der Waals surface area contributed by atoms with Gasteiger partial charge in [0.2, 0.25) is 17.7 Å². The molecule has 1 saturated heterocycles. The first-order valence-corrected chi connectivity index (χ1v) is 12.2. The smallest absolute Gasteiger partial charge is 0.421 e. The van der Waals surface area contributed by atoms with Gasteiger partial charge in [0.1, 0.15) is 12.2 Å². The standard InChI is InChI=1S/C23H27F3N8O3/c1-14(32-34-21(35)18(4-7-29-34)23(24,25)26)12-36-13-19-30-31-20(37-19)16-5-8-33(9-6-16)22-27-10-17(11-28-22)15-2-3-15/h4,7,10-11,14-16,32H,2-3,5-6,8-9,12-13H2,1H3. The van der Waals surface area contributed by atoms with Gasteiger partial charge in [-0.1, -0.05) is 0 Å². The Bertz CT molecular complexity index is 1250. The number of ether oxygens (including phenoxy) is 1. The summed E-state index contributed by atoms with van der Waals surface area (Å²) in [5.74, 6) is 2.36. The van der Waals surface area contributed by atoms with Crippen LogP contribution in [0.15, 0.2) is 33.9 Å². The summed E-state index contributed by atoms with van der Waals surface area (Å²) in [6.07, 6.45) is 4.12. The molecule has 0 amide bonds. The van der Waals surface area contributed by atoms with Gasteiger partial charge in [0.15, 0.2) is 0 Å². The lowest BCUT2D eigenvalue weighted by Crippen LogP contribution is -2.40. The largest absolute Gasteiger partial charge is 0.422 e. The highest BCUT2D eigenvalue weighted by molar-refractivity contribution is 5.32. The third kappa shape index (κ3) is 6.06. The molecule has 5 rings (SSSR count). The summed E-state index contributed by atoms with van der Waals surface area (Å²) in [4.78, 5) is 23.7. The van der Waals surface area contributed by atoms with Gasteiger partial charge in [-0.2, -0.15) is 18.3 Å². The second-order valence-electron chi connectivity index (χ2n) is 9.39. The minimum absolute atomic E-state index is 0.0317. The second kappa shape index (κ2) is 10.4. The number of piperidine rings is 1. The van der Waals surface area contributed by atoms with E-state index in [9.17, 15) is 18.0 Å². The molecule has 1 aliphatic heterocycles. The predicted molar refractivity (Wildman–Crippen MR) is 124 cm³/mol. The van der Waals surface area contributed by atoms with Crippen molar-refractivity contribution in [3.63, 3.8) is 0 Å². The summed E-state index contributed by atoms with van der Waals surface area (Å²) in [5.41, 5.74) is 1.21. The number of nitrogens with one attached hydrogen (secondary N) is 1. The summed E-state index contributed by atoms with van der Waals surface area (Å²) in [6, 6.07) is 0.124. The Morgan fingerprint density at radius 3 is 2.54 bits per heavy atom. The van der Waals surface area contributed by atoms with E-state index in [1.54, 1.807) is 6.92 Å². The third-order valence-electron chi connectivity index (χ3n) is 6.40. The van der Waals surface area contributed by atoms with E-state index in [0.29, 0.717) is 28.6 Å². The number of alkyl halides is 3. The van der Waals surface area contributed by atoms with Crippen molar-refractivity contribution < 1.29 is 22.3 Å². The van der Waals surface area contributed by atoms with Gasteiger partial charge in [0.05, 0.1) is 18.8 Å². The van der Waals surface area contributed by atoms with Gasteiger partial charge in [-0.05, 0) is 50.2 Å². The zero-order chi connectivity index (χ0) is 26.0. The average Bonchev–Trinajstić information content (AvgIpc) is 3.63. The van der Waals surface area contributed by atoms with Gasteiger partial charge in [-0.25, -0.2) is 9.97 Å². The molecule has 0 radical (unpaired) electrons. The Morgan fingerprint density at radius 1 is 1.14 bits per heavy atom. The lowest BCUT2D eigenvalue weighted by atomic mass is 9.97. The van der Waals surface area contributed by atoms with Crippen molar-refractivity contribution >= 4 is 5.95 Å². The van der Waals surface area contributed by atoms with Crippen LogP contribution < -0.4 is 15.9 Å². The number of nitrogens with zero attached hydrogens (tertiary/aromatic N) is 7. The van der Waals surface area contributed by atoms with E-state index in [4.69, 9.17) is 9.15 Å². The maximum Gasteiger partial charge on any atom is 0.421 e. The SMILES string of the molecule is CC(COCc1nnc(C2CCN(c3ncc(C4CC4)cn3)CC2)o1)Nn1nccc(C(F)(F)F)c1=O. The fourth-order valence-corrected chi connectivity index (χ4v) is 4.23. The maximum atomic E-state index is 12.9. The van der Waals surface area contributed by atoms with E-state index >= 15 is 0 Å². The van der Waals surface area contributed by atoms with Crippen LogP contribution in [-0.2, 0) is 17.5 Å². The summed E-state index contributed by atoms with van der Waals surface area (Å²) < 4.78 is 50.0. The van der Waals surface area contributed by atoms with Crippen molar-refractivity contribution in [1.82, 2.24) is 30.1 Å². The Labute approximate surface area is 210 Å². The maximum absolute atomic E-state index is 12.9. The minimum atomic E-state index is -4.76. The molecule has 14 heteroatoms. The van der Waals surface area contributed by atoms with Gasteiger partial charge >= 0.3 is 6.18 Å². The molecule has 2 aliphatic rings. The van der Waals surface area contributed by atoms with Crippen molar-refractivity contribution in [1.29, 1.82) is 0 Å². The fraction of sp³-hybridized carbons (Fsp3) is 0.565. The molecule has 4 heterocycles. The first kappa shape index (κ1) is 25.1. The number of aromatic nitrogens is 6. The van der Waals surface area contributed by atoms with Crippen molar-refractivity contribution in [2.24, 2.45) is 0 Å². The first-order chi connectivity index (χ1) is 17.8. The molecule has 3 aromatic heterocycles. The van der Waals surface area contributed by atoms with Crippen molar-refractivity contribution in [3.05, 3.63) is 57.9 Å². The lowest BCUT2D eigenvalue weighted by Gasteiger charge is -2.30. The summed E-state index contributed by atoms with van der Waals surface area (Å²) >= 11 is 0. The highest BCUT2D eigenvalue weighted by Crippen LogP contribution is 2.39. The van der Waals surface area contributed by atoms with E-state index in [-0.39, 0.29) is 19.1 Å². The number of halogens is 3. The van der Waals surface area contributed by atoms with E-state index in [1.165, 1.54) is 18.4 Å². The van der Waals surface area contributed by atoms with Crippen LogP contribution in [0, 0.1) is 0 Å². The summed E-state index contributed by atoms with van der Waals surface area (Å²) in [5, 5.41) is 11.8. The van der Waals surface area contributed by atoms with E-state index < -0.39 is 23.3 Å². The average molecular weight is 521 g/mol. The van der Waals surface area contributed by atoms with Crippen LogP contribution in [0.4, 0.5) is 19.1 Å². The molecule has 198 valence electrons. The molecular formula is C23H27F3N8O3. The normalized spacial score (nSPS) is 17.7. The molecule has 1 atom stereocenters. The van der Waals surface area contributed by atoms with Gasteiger partial charge < -0.3 is 19.5 Å². The molecule has 1 N–H and O–H groups in total. The topological polar surface area (TPSA) is 124 Å². The molecule has 0 bridgehead atoms. The molecule has 0 aromatic carbocycles. The highest BCUT2D eigenvalue weighted by atomic mass is 19.4. The van der Waals surface area contributed by atoms with Gasteiger partial charge in [0.25, 0.3) is 5.56 Å². The monoisotopic (exact) mass is 520 g/mol. The molecule has 1 unspecified atom stereocenters. The van der Waals surface area contributed by atoms with Crippen molar-refractivity contribution in [2.75, 3.05) is 30.0 Å². The Morgan fingerprint density at radius 2 is 1.86 bits per heavy atom. The zero-order valence-electron chi connectivity index (χ0n) is 20.2. The molecule has 11 nitrogen and oxygen atoms in total. The Hall–Kier alpha value is -3.55. The zero-order valence-corrected chi connectivity index (χ0v) is 20.2. The Kier molecular flexibility index (Phi) is 7.09. The van der Waals surface area contributed by atoms with Crippen molar-refractivity contribution in [2.45, 2.75) is 63.3 Å². The molecule has 1 saturated carbocycles. The van der Waals surface area contributed by atoms with Gasteiger partial charge in [-0.3, -0.25) is 4.79 Å². The van der Waals surface area contributed by atoms with Gasteiger partial charge in [0, 0.05) is 31.4 Å². The number of rotatable bonds is 9. The number of hydrogen-bond donors (Lipinski definition) is 1.